The second-order valence-electron chi connectivity index (χ2n) is 5.08. The molecule has 0 aromatic carbocycles. The average Bonchev–Trinajstić information content (AvgIpc) is 2.43. The molecule has 0 radical (unpaired) electrons. The summed E-state index contributed by atoms with van der Waals surface area (Å²) in [5.74, 6) is 2.71. The minimum atomic E-state index is 0.836. The lowest BCUT2D eigenvalue weighted by molar-refractivity contribution is 0.228. The Bertz CT molecular complexity index is 163. The van der Waals surface area contributed by atoms with Crippen LogP contribution in [0.3, 0.4) is 0 Å². The van der Waals surface area contributed by atoms with E-state index in [2.05, 4.69) is 24.5 Å². The zero-order valence-corrected chi connectivity index (χ0v) is 8.84. The predicted octanol–water partition coefficient (Wildman–Crippen LogP) is 1.23. The summed E-state index contributed by atoms with van der Waals surface area (Å²) in [6.45, 7) is 8.36. The topological polar surface area (TPSA) is 24.1 Å². The Morgan fingerprint density at radius 1 is 1.23 bits per heavy atom. The fourth-order valence-corrected chi connectivity index (χ4v) is 2.52. The summed E-state index contributed by atoms with van der Waals surface area (Å²) in [5, 5.41) is 7.13. The molecule has 2 heteroatoms. The van der Waals surface area contributed by atoms with Crippen LogP contribution in [0.25, 0.3) is 0 Å². The third-order valence-electron chi connectivity index (χ3n) is 3.72. The molecule has 1 saturated carbocycles. The molecule has 1 heterocycles. The van der Waals surface area contributed by atoms with Crippen LogP contribution in [-0.4, -0.2) is 25.7 Å². The second-order valence-corrected chi connectivity index (χ2v) is 5.08. The first-order valence-corrected chi connectivity index (χ1v) is 5.70. The van der Waals surface area contributed by atoms with Crippen LogP contribution < -0.4 is 10.6 Å². The van der Waals surface area contributed by atoms with E-state index < -0.39 is 0 Å². The van der Waals surface area contributed by atoms with E-state index >= 15 is 0 Å². The maximum absolute atomic E-state index is 3.68. The lowest BCUT2D eigenvalue weighted by Crippen LogP contribution is -2.43. The van der Waals surface area contributed by atoms with Crippen molar-refractivity contribution in [2.75, 3.05) is 19.6 Å². The number of hydrogen-bond acceptors (Lipinski definition) is 2. The highest BCUT2D eigenvalue weighted by molar-refractivity contribution is 4.85. The molecule has 1 saturated heterocycles. The van der Waals surface area contributed by atoms with Crippen LogP contribution >= 0.6 is 0 Å². The number of hydrogen-bond donors (Lipinski definition) is 2. The van der Waals surface area contributed by atoms with Gasteiger partial charge in [0, 0.05) is 6.04 Å². The van der Waals surface area contributed by atoms with Gasteiger partial charge in [-0.15, -0.1) is 0 Å². The smallest absolute Gasteiger partial charge is 0.00722 e. The molecule has 2 aliphatic rings. The molecule has 2 nitrogen and oxygen atoms in total. The van der Waals surface area contributed by atoms with E-state index in [1.807, 2.05) is 0 Å². The van der Waals surface area contributed by atoms with Gasteiger partial charge in [0.15, 0.2) is 0 Å². The summed E-state index contributed by atoms with van der Waals surface area (Å²) in [5.41, 5.74) is 0. The van der Waals surface area contributed by atoms with Crippen LogP contribution in [0.4, 0.5) is 0 Å². The molecule has 2 N–H and O–H groups in total. The molecular weight excluding hydrogens is 160 g/mol. The van der Waals surface area contributed by atoms with Gasteiger partial charge in [-0.3, -0.25) is 0 Å². The fraction of sp³-hybridized carbons (Fsp3) is 1.00. The monoisotopic (exact) mass is 182 g/mol. The zero-order valence-electron chi connectivity index (χ0n) is 8.84. The van der Waals surface area contributed by atoms with Crippen LogP contribution in [0.2, 0.25) is 0 Å². The summed E-state index contributed by atoms with van der Waals surface area (Å²) >= 11 is 0. The lowest BCUT2D eigenvalue weighted by Gasteiger charge is -2.34. The average molecular weight is 182 g/mol. The Kier molecular flexibility index (Phi) is 2.89. The Labute approximate surface area is 81.5 Å². The van der Waals surface area contributed by atoms with Crippen LogP contribution in [0, 0.1) is 17.8 Å². The normalized spacial score (nSPS) is 44.8. The summed E-state index contributed by atoms with van der Waals surface area (Å²) in [4.78, 5) is 0. The minimum absolute atomic E-state index is 0.836. The Morgan fingerprint density at radius 3 is 2.54 bits per heavy atom. The van der Waals surface area contributed by atoms with Crippen LogP contribution in [0.5, 0.6) is 0 Å². The van der Waals surface area contributed by atoms with Gasteiger partial charge in [0.25, 0.3) is 0 Å². The molecule has 0 aromatic rings. The van der Waals surface area contributed by atoms with Gasteiger partial charge in [0.05, 0.1) is 0 Å². The summed E-state index contributed by atoms with van der Waals surface area (Å²) in [7, 11) is 0. The van der Waals surface area contributed by atoms with Gasteiger partial charge in [-0.25, -0.2) is 0 Å². The molecule has 0 unspecified atom stereocenters. The first-order valence-electron chi connectivity index (χ1n) is 5.70. The van der Waals surface area contributed by atoms with Crippen molar-refractivity contribution in [2.45, 2.75) is 32.7 Å². The van der Waals surface area contributed by atoms with E-state index in [4.69, 9.17) is 0 Å². The standard InChI is InChI=1S/C11H22N2/c1-8-3-11(4-8)13-7-10-6-12-5-9(10)2/h8-13H,3-7H2,1-2H3/t8?,9-,10+,11?/m1/s1. The summed E-state index contributed by atoms with van der Waals surface area (Å²) in [6.07, 6.45) is 2.79. The molecule has 2 fully saturated rings. The summed E-state index contributed by atoms with van der Waals surface area (Å²) in [6, 6.07) is 0.836. The number of nitrogens with one attached hydrogen (secondary N) is 2. The van der Waals surface area contributed by atoms with Crippen molar-refractivity contribution in [1.82, 2.24) is 10.6 Å². The molecule has 1 aliphatic heterocycles. The first-order chi connectivity index (χ1) is 6.25. The van der Waals surface area contributed by atoms with E-state index in [1.165, 1.54) is 32.5 Å². The Morgan fingerprint density at radius 2 is 2.00 bits per heavy atom. The molecule has 76 valence electrons. The van der Waals surface area contributed by atoms with Crippen molar-refractivity contribution in [3.8, 4) is 0 Å². The SMILES string of the molecule is CC1CC(NC[C@@H]2CNC[C@H]2C)C1. The largest absolute Gasteiger partial charge is 0.316 e. The van der Waals surface area contributed by atoms with Crippen LogP contribution in [0.1, 0.15) is 26.7 Å². The van der Waals surface area contributed by atoms with Crippen molar-refractivity contribution < 1.29 is 0 Å². The molecule has 13 heavy (non-hydrogen) atoms. The van der Waals surface area contributed by atoms with Crippen molar-refractivity contribution in [3.63, 3.8) is 0 Å². The van der Waals surface area contributed by atoms with Gasteiger partial charge in [-0.05, 0) is 50.2 Å². The van der Waals surface area contributed by atoms with E-state index in [-0.39, 0.29) is 0 Å². The third kappa shape index (κ3) is 2.23. The maximum Gasteiger partial charge on any atom is 0.00722 e. The highest BCUT2D eigenvalue weighted by atomic mass is 15.0. The second kappa shape index (κ2) is 3.97. The lowest BCUT2D eigenvalue weighted by atomic mass is 9.81. The first kappa shape index (κ1) is 9.47. The van der Waals surface area contributed by atoms with Gasteiger partial charge in [-0.2, -0.15) is 0 Å². The van der Waals surface area contributed by atoms with Gasteiger partial charge in [0.1, 0.15) is 0 Å². The molecule has 2 rings (SSSR count). The number of rotatable bonds is 3. The van der Waals surface area contributed by atoms with E-state index in [1.54, 1.807) is 0 Å². The maximum atomic E-state index is 3.68. The molecule has 0 spiro atoms. The van der Waals surface area contributed by atoms with E-state index in [0.29, 0.717) is 0 Å². The molecule has 2 atom stereocenters. The molecule has 0 amide bonds. The molecule has 1 aliphatic carbocycles. The predicted molar refractivity (Wildman–Crippen MR) is 55.7 cm³/mol. The van der Waals surface area contributed by atoms with Crippen molar-refractivity contribution >= 4 is 0 Å². The molecule has 0 aromatic heterocycles. The van der Waals surface area contributed by atoms with Gasteiger partial charge < -0.3 is 10.6 Å². The Hall–Kier alpha value is -0.0800. The Balaban J connectivity index is 1.62. The minimum Gasteiger partial charge on any atom is -0.316 e. The van der Waals surface area contributed by atoms with Crippen LogP contribution in [-0.2, 0) is 0 Å². The van der Waals surface area contributed by atoms with E-state index in [0.717, 1.165) is 23.8 Å². The van der Waals surface area contributed by atoms with Crippen molar-refractivity contribution in [2.24, 2.45) is 17.8 Å². The van der Waals surface area contributed by atoms with E-state index in [9.17, 15) is 0 Å². The summed E-state index contributed by atoms with van der Waals surface area (Å²) < 4.78 is 0. The van der Waals surface area contributed by atoms with Gasteiger partial charge >= 0.3 is 0 Å². The van der Waals surface area contributed by atoms with Crippen molar-refractivity contribution in [3.05, 3.63) is 0 Å². The van der Waals surface area contributed by atoms with Crippen LogP contribution in [0.15, 0.2) is 0 Å². The molecular formula is C11H22N2. The third-order valence-corrected chi connectivity index (χ3v) is 3.72. The quantitative estimate of drug-likeness (QED) is 0.686. The molecule has 0 bridgehead atoms. The highest BCUT2D eigenvalue weighted by Gasteiger charge is 2.28. The van der Waals surface area contributed by atoms with Gasteiger partial charge in [0.2, 0.25) is 0 Å². The zero-order chi connectivity index (χ0) is 9.26. The highest BCUT2D eigenvalue weighted by Crippen LogP contribution is 2.26. The van der Waals surface area contributed by atoms with Gasteiger partial charge in [-0.1, -0.05) is 13.8 Å². The van der Waals surface area contributed by atoms with Crippen molar-refractivity contribution in [1.29, 1.82) is 0 Å². The fourth-order valence-electron chi connectivity index (χ4n) is 2.52.